The molecule has 2 aromatic heterocycles. The molecule has 1 N–H and O–H groups in total. The molecule has 2 aliphatic rings. The van der Waals surface area contributed by atoms with Crippen LogP contribution in [0.25, 0.3) is 0 Å². The van der Waals surface area contributed by atoms with E-state index < -0.39 is 0 Å². The Bertz CT molecular complexity index is 1010. The van der Waals surface area contributed by atoms with E-state index in [1.807, 2.05) is 26.1 Å². The largest absolute Gasteiger partial charge is 0.323 e. The van der Waals surface area contributed by atoms with Gasteiger partial charge in [0.05, 0.1) is 0 Å². The van der Waals surface area contributed by atoms with Crippen molar-refractivity contribution in [2.24, 2.45) is 13.0 Å². The number of anilines is 1. The minimum atomic E-state index is -0.151. The molecule has 2 saturated carbocycles. The van der Waals surface area contributed by atoms with Crippen molar-refractivity contribution < 1.29 is 6.22 Å². The zero-order valence-electron chi connectivity index (χ0n) is 17.7. The predicted octanol–water partition coefficient (Wildman–Crippen LogP) is 4.49. The number of nitrogens with zero attached hydrogens (tertiary/aromatic N) is 5. The first kappa shape index (κ1) is 20.2. The van der Waals surface area contributed by atoms with Gasteiger partial charge >= 0.3 is 0 Å². The highest BCUT2D eigenvalue weighted by molar-refractivity contribution is 6.02. The molecule has 0 unspecified atom stereocenters. The first-order valence-corrected chi connectivity index (χ1v) is 10.5. The summed E-state index contributed by atoms with van der Waals surface area (Å²) in [5.41, 5.74) is 3.49. The Morgan fingerprint density at radius 3 is 2.43 bits per heavy atom. The molecule has 7 nitrogen and oxygen atoms in total. The molecule has 2 fully saturated rings. The van der Waals surface area contributed by atoms with Gasteiger partial charge in [0.2, 0.25) is 0 Å². The van der Waals surface area contributed by atoms with Crippen LogP contribution < -0.4 is 5.32 Å². The van der Waals surface area contributed by atoms with Gasteiger partial charge in [-0.05, 0) is 68.2 Å². The summed E-state index contributed by atoms with van der Waals surface area (Å²) in [4.78, 5) is 21.5. The summed E-state index contributed by atoms with van der Waals surface area (Å²) in [5, 5.41) is 10.1. The number of aryl methyl sites for hydroxylation is 2. The molecule has 0 saturated heterocycles. The van der Waals surface area contributed by atoms with Crippen LogP contribution in [0.5, 0.6) is 0 Å². The summed E-state index contributed by atoms with van der Waals surface area (Å²) in [6, 6.07) is 9.99. The van der Waals surface area contributed by atoms with Crippen molar-refractivity contribution in [3.05, 3.63) is 65.8 Å². The molecule has 0 bridgehead atoms. The summed E-state index contributed by atoms with van der Waals surface area (Å²) in [6.07, 6.45) is 8.03. The number of carbonyl (C=O) groups excluding carboxylic acids is 1. The van der Waals surface area contributed by atoms with Crippen LogP contribution in [0.4, 0.5) is 5.69 Å². The molecule has 158 valence electrons. The molecular weight excluding hydrogens is 376 g/mol. The molecule has 5 rings (SSSR count). The summed E-state index contributed by atoms with van der Waals surface area (Å²) >= 11 is 0. The lowest BCUT2D eigenvalue weighted by Gasteiger charge is -2.33. The third kappa shape index (κ3) is 5.09. The Morgan fingerprint density at radius 2 is 1.83 bits per heavy atom. The van der Waals surface area contributed by atoms with Crippen LogP contribution in [-0.2, 0) is 7.05 Å². The lowest BCUT2D eigenvalue weighted by molar-refractivity contribution is 0.102. The van der Waals surface area contributed by atoms with Gasteiger partial charge in [-0.3, -0.25) is 4.79 Å². The molecule has 1 amide bonds. The maximum Gasteiger partial charge on any atom is 0.274 e. The second-order valence-electron chi connectivity index (χ2n) is 8.51. The van der Waals surface area contributed by atoms with Crippen molar-refractivity contribution >= 4 is 11.6 Å². The SMILES string of the molecule is Cc1cc(C(=O)Nc2cccc(C3CC(C)C3)c2)nc(C2CC2)n1.Cn1cnnc1.[HH]. The first-order valence-electron chi connectivity index (χ1n) is 10.5. The van der Waals surface area contributed by atoms with Crippen molar-refractivity contribution in [1.82, 2.24) is 24.7 Å². The van der Waals surface area contributed by atoms with Gasteiger partial charge in [-0.2, -0.15) is 0 Å². The van der Waals surface area contributed by atoms with E-state index in [1.165, 1.54) is 18.4 Å². The molecule has 0 aliphatic heterocycles. The molecular formula is C23H30N6O. The fourth-order valence-electron chi connectivity index (χ4n) is 3.72. The maximum absolute atomic E-state index is 12.6. The third-order valence-electron chi connectivity index (χ3n) is 5.57. The minimum Gasteiger partial charge on any atom is -0.323 e. The molecule has 2 aliphatic carbocycles. The Labute approximate surface area is 178 Å². The summed E-state index contributed by atoms with van der Waals surface area (Å²) in [6.45, 7) is 4.21. The topological polar surface area (TPSA) is 85.6 Å². The normalized spacial score (nSPS) is 20.0. The molecule has 2 heterocycles. The van der Waals surface area contributed by atoms with Gasteiger partial charge in [-0.1, -0.05) is 19.1 Å². The summed E-state index contributed by atoms with van der Waals surface area (Å²) in [7, 11) is 1.88. The smallest absolute Gasteiger partial charge is 0.274 e. The van der Waals surface area contributed by atoms with Gasteiger partial charge in [0.1, 0.15) is 24.2 Å². The molecule has 30 heavy (non-hydrogen) atoms. The van der Waals surface area contributed by atoms with E-state index in [2.05, 4.69) is 44.5 Å². The van der Waals surface area contributed by atoms with Crippen LogP contribution >= 0.6 is 0 Å². The quantitative estimate of drug-likeness (QED) is 0.690. The Hall–Kier alpha value is -3.09. The van der Waals surface area contributed by atoms with Crippen LogP contribution in [0, 0.1) is 12.8 Å². The van der Waals surface area contributed by atoms with Crippen molar-refractivity contribution in [3.8, 4) is 0 Å². The zero-order chi connectivity index (χ0) is 21.1. The Balaban J connectivity index is 0.000000338. The molecule has 0 spiro atoms. The average Bonchev–Trinajstić information content (AvgIpc) is 3.45. The number of aromatic nitrogens is 5. The van der Waals surface area contributed by atoms with Gasteiger partial charge in [0.15, 0.2) is 0 Å². The monoisotopic (exact) mass is 406 g/mol. The second-order valence-corrected chi connectivity index (χ2v) is 8.51. The van der Waals surface area contributed by atoms with Crippen LogP contribution in [0.3, 0.4) is 0 Å². The highest BCUT2D eigenvalue weighted by Crippen LogP contribution is 2.41. The predicted molar refractivity (Wildman–Crippen MR) is 117 cm³/mol. The number of amides is 1. The van der Waals surface area contributed by atoms with Gasteiger partial charge in [0.25, 0.3) is 5.91 Å². The fraction of sp³-hybridized carbons (Fsp3) is 0.435. The summed E-state index contributed by atoms with van der Waals surface area (Å²) in [5.74, 6) is 2.57. The lowest BCUT2D eigenvalue weighted by atomic mass is 9.72. The molecule has 0 radical (unpaired) electrons. The van der Waals surface area contributed by atoms with E-state index in [0.29, 0.717) is 17.5 Å². The molecule has 7 heteroatoms. The molecule has 1 aromatic carbocycles. The number of carbonyl (C=O) groups is 1. The number of hydrogen-bond donors (Lipinski definition) is 1. The highest BCUT2D eigenvalue weighted by atomic mass is 16.1. The number of rotatable bonds is 4. The van der Waals surface area contributed by atoms with Gasteiger partial charge < -0.3 is 9.88 Å². The first-order chi connectivity index (χ1) is 14.5. The summed E-state index contributed by atoms with van der Waals surface area (Å²) < 4.78 is 1.78. The zero-order valence-corrected chi connectivity index (χ0v) is 17.7. The minimum absolute atomic E-state index is 0. The van der Waals surface area contributed by atoms with Crippen molar-refractivity contribution in [2.75, 3.05) is 5.32 Å². The van der Waals surface area contributed by atoms with Crippen LogP contribution in [-0.4, -0.2) is 30.6 Å². The van der Waals surface area contributed by atoms with E-state index in [-0.39, 0.29) is 7.33 Å². The number of nitrogens with one attached hydrogen (secondary N) is 1. The molecule has 3 aromatic rings. The van der Waals surface area contributed by atoms with Crippen molar-refractivity contribution in [2.45, 2.75) is 51.4 Å². The van der Waals surface area contributed by atoms with E-state index in [1.54, 1.807) is 23.3 Å². The van der Waals surface area contributed by atoms with Crippen LogP contribution in [0.1, 0.15) is 73.4 Å². The van der Waals surface area contributed by atoms with Crippen LogP contribution in [0.15, 0.2) is 43.0 Å². The van der Waals surface area contributed by atoms with Gasteiger partial charge in [-0.15, -0.1) is 10.2 Å². The Morgan fingerprint density at radius 1 is 1.10 bits per heavy atom. The molecule has 0 atom stereocenters. The van der Waals surface area contributed by atoms with E-state index in [0.717, 1.165) is 36.0 Å². The van der Waals surface area contributed by atoms with Crippen molar-refractivity contribution in [3.63, 3.8) is 0 Å². The van der Waals surface area contributed by atoms with Crippen LogP contribution in [0.2, 0.25) is 0 Å². The average molecular weight is 407 g/mol. The standard InChI is InChI=1S/C20H23N3O.C3H5N3.H2/c1-12-8-16(9-12)15-4-3-5-17(11-15)22-20(24)18-10-13(2)21-19(23-18)14-6-7-14;1-6-2-4-5-3-6;/h3-5,10-12,14,16H,6-9H2,1-2H3,(H,22,24);2-3H,1H3;1H. The van der Waals surface area contributed by atoms with E-state index >= 15 is 0 Å². The second kappa shape index (κ2) is 8.73. The third-order valence-corrected chi connectivity index (χ3v) is 5.57. The van der Waals surface area contributed by atoms with E-state index in [4.69, 9.17) is 0 Å². The van der Waals surface area contributed by atoms with Crippen molar-refractivity contribution in [1.29, 1.82) is 0 Å². The fourth-order valence-corrected chi connectivity index (χ4v) is 3.72. The Kier molecular flexibility index (Phi) is 5.88. The maximum atomic E-state index is 12.6. The number of hydrogen-bond acceptors (Lipinski definition) is 5. The number of benzene rings is 1. The van der Waals surface area contributed by atoms with Gasteiger partial charge in [0, 0.05) is 25.8 Å². The van der Waals surface area contributed by atoms with Gasteiger partial charge in [-0.25, -0.2) is 9.97 Å². The lowest BCUT2D eigenvalue weighted by Crippen LogP contribution is -2.19. The highest BCUT2D eigenvalue weighted by Gasteiger charge is 2.28. The van der Waals surface area contributed by atoms with E-state index in [9.17, 15) is 4.79 Å².